The molecule has 2 saturated carbocycles. The standard InChI is InChI=1S/C18H26/c1-12-9-14(7-8-17(12)18(2,3)4)16-11-13-5-6-15(16)10-13/h7-9,13,15-16H,5-6,10-11H2,1-4H3. The highest BCUT2D eigenvalue weighted by Gasteiger charge is 2.40. The number of hydrogen-bond acceptors (Lipinski definition) is 0. The van der Waals surface area contributed by atoms with Crippen molar-refractivity contribution < 1.29 is 0 Å². The predicted molar refractivity (Wildman–Crippen MR) is 78.1 cm³/mol. The van der Waals surface area contributed by atoms with Gasteiger partial charge in [-0.05, 0) is 66.0 Å². The third-order valence-electron chi connectivity index (χ3n) is 5.22. The molecule has 2 aliphatic rings. The molecule has 0 amide bonds. The van der Waals surface area contributed by atoms with Crippen molar-refractivity contribution >= 4 is 0 Å². The third kappa shape index (κ3) is 2.00. The van der Waals surface area contributed by atoms with Gasteiger partial charge in [0.05, 0.1) is 0 Å². The van der Waals surface area contributed by atoms with Gasteiger partial charge in [-0.25, -0.2) is 0 Å². The van der Waals surface area contributed by atoms with Crippen LogP contribution in [0.15, 0.2) is 18.2 Å². The lowest BCUT2D eigenvalue weighted by Crippen LogP contribution is -2.14. The molecule has 2 fully saturated rings. The van der Waals surface area contributed by atoms with Gasteiger partial charge in [0.25, 0.3) is 0 Å². The van der Waals surface area contributed by atoms with Gasteiger partial charge in [-0.1, -0.05) is 45.4 Å². The van der Waals surface area contributed by atoms with E-state index in [0.717, 1.165) is 17.8 Å². The van der Waals surface area contributed by atoms with Crippen molar-refractivity contribution in [2.75, 3.05) is 0 Å². The summed E-state index contributed by atoms with van der Waals surface area (Å²) in [4.78, 5) is 0. The summed E-state index contributed by atoms with van der Waals surface area (Å²) in [6.07, 6.45) is 5.94. The third-order valence-corrected chi connectivity index (χ3v) is 5.22. The summed E-state index contributed by atoms with van der Waals surface area (Å²) in [6, 6.07) is 7.28. The zero-order valence-electron chi connectivity index (χ0n) is 12.3. The molecule has 2 bridgehead atoms. The number of fused-ring (bicyclic) bond motifs is 2. The summed E-state index contributed by atoms with van der Waals surface area (Å²) in [6.45, 7) is 9.23. The Hall–Kier alpha value is -0.780. The fraction of sp³-hybridized carbons (Fsp3) is 0.667. The Morgan fingerprint density at radius 2 is 1.83 bits per heavy atom. The molecule has 0 nitrogen and oxygen atoms in total. The van der Waals surface area contributed by atoms with Crippen molar-refractivity contribution in [3.8, 4) is 0 Å². The molecule has 0 heteroatoms. The van der Waals surface area contributed by atoms with E-state index in [-0.39, 0.29) is 5.41 Å². The summed E-state index contributed by atoms with van der Waals surface area (Å²) in [7, 11) is 0. The zero-order chi connectivity index (χ0) is 12.9. The first-order valence-electron chi connectivity index (χ1n) is 7.56. The Morgan fingerprint density at radius 3 is 2.33 bits per heavy atom. The number of aryl methyl sites for hydroxylation is 1. The van der Waals surface area contributed by atoms with Gasteiger partial charge in [0.2, 0.25) is 0 Å². The average Bonchev–Trinajstić information content (AvgIpc) is 2.88. The Morgan fingerprint density at radius 1 is 1.06 bits per heavy atom. The van der Waals surface area contributed by atoms with E-state index < -0.39 is 0 Å². The van der Waals surface area contributed by atoms with Crippen molar-refractivity contribution in [1.29, 1.82) is 0 Å². The molecule has 2 aliphatic carbocycles. The van der Waals surface area contributed by atoms with Crippen LogP contribution >= 0.6 is 0 Å². The van der Waals surface area contributed by atoms with Crippen LogP contribution in [0.25, 0.3) is 0 Å². The highest BCUT2D eigenvalue weighted by atomic mass is 14.4. The van der Waals surface area contributed by atoms with Crippen LogP contribution in [0.4, 0.5) is 0 Å². The van der Waals surface area contributed by atoms with Gasteiger partial charge in [-0.3, -0.25) is 0 Å². The van der Waals surface area contributed by atoms with E-state index in [1.165, 1.54) is 36.8 Å². The highest BCUT2D eigenvalue weighted by Crippen LogP contribution is 2.53. The van der Waals surface area contributed by atoms with Crippen molar-refractivity contribution in [2.45, 2.75) is 64.7 Å². The first-order chi connectivity index (χ1) is 8.45. The largest absolute Gasteiger partial charge is 0.0584 e. The van der Waals surface area contributed by atoms with Crippen molar-refractivity contribution in [2.24, 2.45) is 11.8 Å². The van der Waals surface area contributed by atoms with Crippen LogP contribution in [-0.2, 0) is 5.41 Å². The van der Waals surface area contributed by atoms with Crippen LogP contribution in [0.2, 0.25) is 0 Å². The first kappa shape index (κ1) is 12.3. The molecule has 0 aliphatic heterocycles. The van der Waals surface area contributed by atoms with Crippen LogP contribution in [-0.4, -0.2) is 0 Å². The van der Waals surface area contributed by atoms with Crippen LogP contribution in [0, 0.1) is 18.8 Å². The fourth-order valence-corrected chi connectivity index (χ4v) is 4.41. The topological polar surface area (TPSA) is 0 Å². The lowest BCUT2D eigenvalue weighted by Gasteiger charge is -2.26. The Kier molecular flexibility index (Phi) is 2.80. The summed E-state index contributed by atoms with van der Waals surface area (Å²) in [5.41, 5.74) is 4.89. The second kappa shape index (κ2) is 4.11. The van der Waals surface area contributed by atoms with E-state index in [1.807, 2.05) is 0 Å². The molecule has 3 rings (SSSR count). The minimum atomic E-state index is 0.275. The van der Waals surface area contributed by atoms with Gasteiger partial charge in [0, 0.05) is 0 Å². The fourth-order valence-electron chi connectivity index (χ4n) is 4.41. The van der Waals surface area contributed by atoms with E-state index in [4.69, 9.17) is 0 Å². The average molecular weight is 242 g/mol. The molecule has 1 aromatic rings. The highest BCUT2D eigenvalue weighted by molar-refractivity contribution is 5.37. The SMILES string of the molecule is Cc1cc(C2CC3CCC2C3)ccc1C(C)(C)C. The number of benzene rings is 1. The minimum absolute atomic E-state index is 0.275. The van der Waals surface area contributed by atoms with E-state index >= 15 is 0 Å². The summed E-state index contributed by atoms with van der Waals surface area (Å²) in [5.74, 6) is 2.91. The maximum Gasteiger partial charge on any atom is -0.0129 e. The predicted octanol–water partition coefficient (Wildman–Crippen LogP) is 5.20. The molecule has 3 atom stereocenters. The summed E-state index contributed by atoms with van der Waals surface area (Å²) in [5, 5.41) is 0. The lowest BCUT2D eigenvalue weighted by molar-refractivity contribution is 0.419. The maximum atomic E-state index is 2.48. The number of hydrogen-bond donors (Lipinski definition) is 0. The minimum Gasteiger partial charge on any atom is -0.0584 e. The van der Waals surface area contributed by atoms with Gasteiger partial charge >= 0.3 is 0 Å². The maximum absolute atomic E-state index is 2.48. The zero-order valence-corrected chi connectivity index (χ0v) is 12.3. The second-order valence-corrected chi connectivity index (χ2v) is 7.61. The summed E-state index contributed by atoms with van der Waals surface area (Å²) < 4.78 is 0. The molecular weight excluding hydrogens is 216 g/mol. The smallest absolute Gasteiger partial charge is 0.0129 e. The van der Waals surface area contributed by atoms with E-state index in [0.29, 0.717) is 0 Å². The molecule has 0 spiro atoms. The lowest BCUT2D eigenvalue weighted by atomic mass is 9.79. The molecule has 0 radical (unpaired) electrons. The van der Waals surface area contributed by atoms with Gasteiger partial charge in [0.1, 0.15) is 0 Å². The molecular formula is C18H26. The van der Waals surface area contributed by atoms with Crippen LogP contribution < -0.4 is 0 Å². The molecule has 98 valence electrons. The molecule has 18 heavy (non-hydrogen) atoms. The Balaban J connectivity index is 1.89. The molecule has 0 aromatic heterocycles. The van der Waals surface area contributed by atoms with Gasteiger partial charge in [-0.15, -0.1) is 0 Å². The first-order valence-corrected chi connectivity index (χ1v) is 7.56. The van der Waals surface area contributed by atoms with Crippen molar-refractivity contribution in [3.05, 3.63) is 34.9 Å². The monoisotopic (exact) mass is 242 g/mol. The van der Waals surface area contributed by atoms with Crippen LogP contribution in [0.3, 0.4) is 0 Å². The molecule has 0 N–H and O–H groups in total. The molecule has 1 aromatic carbocycles. The molecule has 3 unspecified atom stereocenters. The quantitative estimate of drug-likeness (QED) is 0.635. The normalized spacial score (nSPS) is 31.0. The van der Waals surface area contributed by atoms with E-state index in [2.05, 4.69) is 45.9 Å². The Bertz CT molecular complexity index is 450. The van der Waals surface area contributed by atoms with Gasteiger partial charge in [0.15, 0.2) is 0 Å². The summed E-state index contributed by atoms with van der Waals surface area (Å²) >= 11 is 0. The van der Waals surface area contributed by atoms with Gasteiger partial charge in [-0.2, -0.15) is 0 Å². The van der Waals surface area contributed by atoms with E-state index in [1.54, 1.807) is 5.56 Å². The van der Waals surface area contributed by atoms with E-state index in [9.17, 15) is 0 Å². The number of rotatable bonds is 1. The van der Waals surface area contributed by atoms with Crippen LogP contribution in [0.1, 0.15) is 69.1 Å². The molecule has 0 heterocycles. The van der Waals surface area contributed by atoms with Gasteiger partial charge < -0.3 is 0 Å². The van der Waals surface area contributed by atoms with Crippen LogP contribution in [0.5, 0.6) is 0 Å². The second-order valence-electron chi connectivity index (χ2n) is 7.61. The van der Waals surface area contributed by atoms with Crippen molar-refractivity contribution in [3.63, 3.8) is 0 Å². The molecule has 0 saturated heterocycles. The van der Waals surface area contributed by atoms with Crippen molar-refractivity contribution in [1.82, 2.24) is 0 Å². The Labute approximate surface area is 112 Å².